The van der Waals surface area contributed by atoms with Crippen molar-refractivity contribution in [3.63, 3.8) is 0 Å². The predicted octanol–water partition coefficient (Wildman–Crippen LogP) is 1.54. The summed E-state index contributed by atoms with van der Waals surface area (Å²) in [6.07, 6.45) is 4.13. The van der Waals surface area contributed by atoms with Crippen LogP contribution >= 0.6 is 0 Å². The van der Waals surface area contributed by atoms with Gasteiger partial charge in [0.2, 0.25) is 0 Å². The molecule has 0 aliphatic rings. The molecule has 0 amide bonds. The Morgan fingerprint density at radius 2 is 2.40 bits per heavy atom. The van der Waals surface area contributed by atoms with Gasteiger partial charge in [0.25, 0.3) is 0 Å². The van der Waals surface area contributed by atoms with Crippen LogP contribution in [0.1, 0.15) is 23.7 Å². The molecule has 0 bridgehead atoms. The van der Waals surface area contributed by atoms with E-state index in [1.165, 1.54) is 6.20 Å². The molecular weight excluding hydrogens is 194 g/mol. The third-order valence-electron chi connectivity index (χ3n) is 2.11. The van der Waals surface area contributed by atoms with E-state index in [-0.39, 0.29) is 5.56 Å². The molecule has 0 spiro atoms. The minimum atomic E-state index is -0.965. The van der Waals surface area contributed by atoms with Crippen LogP contribution in [0.4, 0.5) is 0 Å². The molecule has 2 heterocycles. The molecule has 2 aromatic heterocycles. The summed E-state index contributed by atoms with van der Waals surface area (Å²) in [5.41, 5.74) is 0.784. The van der Waals surface area contributed by atoms with Crippen LogP contribution in [0.2, 0.25) is 0 Å². The number of carboxylic acids is 1. The second kappa shape index (κ2) is 3.68. The van der Waals surface area contributed by atoms with Gasteiger partial charge in [-0.1, -0.05) is 6.92 Å². The van der Waals surface area contributed by atoms with E-state index in [9.17, 15) is 4.79 Å². The lowest BCUT2D eigenvalue weighted by molar-refractivity contribution is 0.0696. The predicted molar refractivity (Wildman–Crippen MR) is 54.8 cm³/mol. The molecule has 0 unspecified atom stereocenters. The van der Waals surface area contributed by atoms with Crippen molar-refractivity contribution in [1.29, 1.82) is 0 Å². The van der Waals surface area contributed by atoms with Crippen molar-refractivity contribution in [3.05, 3.63) is 24.0 Å². The van der Waals surface area contributed by atoms with Gasteiger partial charge in [-0.2, -0.15) is 5.10 Å². The quantitative estimate of drug-likeness (QED) is 0.825. The zero-order valence-corrected chi connectivity index (χ0v) is 8.34. The SMILES string of the molecule is CCCn1cc2cc(C(=O)O)cnc2n1. The molecule has 2 rings (SSSR count). The minimum Gasteiger partial charge on any atom is -0.478 e. The van der Waals surface area contributed by atoms with Gasteiger partial charge in [0.1, 0.15) is 0 Å². The Balaban J connectivity index is 2.47. The van der Waals surface area contributed by atoms with Crippen LogP contribution in [0.3, 0.4) is 0 Å². The molecule has 0 aromatic carbocycles. The number of aromatic nitrogens is 3. The maximum Gasteiger partial charge on any atom is 0.337 e. The summed E-state index contributed by atoms with van der Waals surface area (Å²) in [6, 6.07) is 1.59. The first-order valence-electron chi connectivity index (χ1n) is 4.77. The molecule has 5 nitrogen and oxygen atoms in total. The summed E-state index contributed by atoms with van der Waals surface area (Å²) in [5.74, 6) is -0.965. The van der Waals surface area contributed by atoms with Crippen LogP contribution in [-0.4, -0.2) is 25.8 Å². The first-order valence-corrected chi connectivity index (χ1v) is 4.77. The number of hydrogen-bond acceptors (Lipinski definition) is 3. The van der Waals surface area contributed by atoms with Gasteiger partial charge in [-0.3, -0.25) is 4.68 Å². The third-order valence-corrected chi connectivity index (χ3v) is 2.11. The Labute approximate surface area is 86.4 Å². The highest BCUT2D eigenvalue weighted by atomic mass is 16.4. The van der Waals surface area contributed by atoms with Crippen molar-refractivity contribution < 1.29 is 9.90 Å². The summed E-state index contributed by atoms with van der Waals surface area (Å²) < 4.78 is 1.78. The van der Waals surface area contributed by atoms with Gasteiger partial charge in [0.15, 0.2) is 5.65 Å². The summed E-state index contributed by atoms with van der Waals surface area (Å²) in [6.45, 7) is 2.88. The summed E-state index contributed by atoms with van der Waals surface area (Å²) in [4.78, 5) is 14.7. The van der Waals surface area contributed by atoms with Crippen LogP contribution in [0.15, 0.2) is 18.5 Å². The Kier molecular flexibility index (Phi) is 2.37. The highest BCUT2D eigenvalue weighted by Gasteiger charge is 2.07. The van der Waals surface area contributed by atoms with E-state index < -0.39 is 5.97 Å². The zero-order valence-electron chi connectivity index (χ0n) is 8.34. The molecular formula is C10H11N3O2. The Bertz CT molecular complexity index is 504. The summed E-state index contributed by atoms with van der Waals surface area (Å²) in [7, 11) is 0. The van der Waals surface area contributed by atoms with Gasteiger partial charge < -0.3 is 5.11 Å². The molecule has 78 valence electrons. The average Bonchev–Trinajstić information content (AvgIpc) is 2.59. The average molecular weight is 205 g/mol. The molecule has 2 aromatic rings. The minimum absolute atomic E-state index is 0.193. The maximum atomic E-state index is 10.7. The fourth-order valence-electron chi connectivity index (χ4n) is 1.42. The number of nitrogens with zero attached hydrogens (tertiary/aromatic N) is 3. The van der Waals surface area contributed by atoms with Gasteiger partial charge in [-0.15, -0.1) is 0 Å². The van der Waals surface area contributed by atoms with Crippen molar-refractivity contribution in [3.8, 4) is 0 Å². The second-order valence-corrected chi connectivity index (χ2v) is 3.33. The molecule has 0 saturated carbocycles. The number of rotatable bonds is 3. The van der Waals surface area contributed by atoms with Crippen LogP contribution in [0.5, 0.6) is 0 Å². The smallest absolute Gasteiger partial charge is 0.337 e. The number of aromatic carboxylic acids is 1. The second-order valence-electron chi connectivity index (χ2n) is 3.33. The molecule has 0 radical (unpaired) electrons. The van der Waals surface area contributed by atoms with Crippen LogP contribution in [0, 0.1) is 0 Å². The molecule has 0 aliphatic carbocycles. The molecule has 0 saturated heterocycles. The Hall–Kier alpha value is -1.91. The molecule has 0 fully saturated rings. The van der Waals surface area contributed by atoms with Crippen LogP contribution in [-0.2, 0) is 6.54 Å². The van der Waals surface area contributed by atoms with Crippen molar-refractivity contribution in [1.82, 2.24) is 14.8 Å². The molecule has 5 heteroatoms. The topological polar surface area (TPSA) is 68.0 Å². The van der Waals surface area contributed by atoms with Crippen molar-refractivity contribution in [2.75, 3.05) is 0 Å². The van der Waals surface area contributed by atoms with E-state index in [4.69, 9.17) is 5.11 Å². The Morgan fingerprint density at radius 1 is 1.60 bits per heavy atom. The van der Waals surface area contributed by atoms with E-state index in [0.29, 0.717) is 5.65 Å². The fourth-order valence-corrected chi connectivity index (χ4v) is 1.42. The van der Waals surface area contributed by atoms with Gasteiger partial charge >= 0.3 is 5.97 Å². The number of hydrogen-bond donors (Lipinski definition) is 1. The third kappa shape index (κ3) is 1.81. The zero-order chi connectivity index (χ0) is 10.8. The fraction of sp³-hybridized carbons (Fsp3) is 0.300. The van der Waals surface area contributed by atoms with E-state index >= 15 is 0 Å². The number of carbonyl (C=O) groups is 1. The number of pyridine rings is 1. The van der Waals surface area contributed by atoms with Gasteiger partial charge in [-0.25, -0.2) is 9.78 Å². The Morgan fingerprint density at radius 3 is 3.07 bits per heavy atom. The van der Waals surface area contributed by atoms with E-state index in [1.807, 2.05) is 6.20 Å². The van der Waals surface area contributed by atoms with E-state index in [0.717, 1.165) is 18.4 Å². The lowest BCUT2D eigenvalue weighted by Crippen LogP contribution is -1.96. The number of fused-ring (bicyclic) bond motifs is 1. The largest absolute Gasteiger partial charge is 0.478 e. The highest BCUT2D eigenvalue weighted by molar-refractivity contribution is 5.91. The van der Waals surface area contributed by atoms with Crippen LogP contribution in [0.25, 0.3) is 11.0 Å². The lowest BCUT2D eigenvalue weighted by atomic mass is 10.2. The molecule has 1 N–H and O–H groups in total. The highest BCUT2D eigenvalue weighted by Crippen LogP contribution is 2.11. The number of carboxylic acid groups (broad SMARTS) is 1. The lowest BCUT2D eigenvalue weighted by Gasteiger charge is -1.93. The van der Waals surface area contributed by atoms with E-state index in [1.54, 1.807) is 10.7 Å². The van der Waals surface area contributed by atoms with Crippen molar-refractivity contribution >= 4 is 17.0 Å². The standard InChI is InChI=1S/C10H11N3O2/c1-2-3-13-6-8-4-7(10(14)15)5-11-9(8)12-13/h4-6H,2-3H2,1H3,(H,14,15). The van der Waals surface area contributed by atoms with Crippen molar-refractivity contribution in [2.45, 2.75) is 19.9 Å². The normalized spacial score (nSPS) is 10.7. The molecule has 15 heavy (non-hydrogen) atoms. The van der Waals surface area contributed by atoms with Crippen molar-refractivity contribution in [2.24, 2.45) is 0 Å². The van der Waals surface area contributed by atoms with Gasteiger partial charge in [0, 0.05) is 24.3 Å². The first-order chi connectivity index (χ1) is 7.20. The summed E-state index contributed by atoms with van der Waals surface area (Å²) in [5, 5.41) is 13.8. The monoisotopic (exact) mass is 205 g/mol. The molecule has 0 aliphatic heterocycles. The van der Waals surface area contributed by atoms with Gasteiger partial charge in [0.05, 0.1) is 5.56 Å². The number of aryl methyl sites for hydroxylation is 1. The molecule has 0 atom stereocenters. The summed E-state index contributed by atoms with van der Waals surface area (Å²) >= 11 is 0. The maximum absolute atomic E-state index is 10.7. The first kappa shape index (κ1) is 9.64. The van der Waals surface area contributed by atoms with Crippen LogP contribution < -0.4 is 0 Å². The van der Waals surface area contributed by atoms with Gasteiger partial charge in [-0.05, 0) is 12.5 Å². The van der Waals surface area contributed by atoms with E-state index in [2.05, 4.69) is 17.0 Å².